The van der Waals surface area contributed by atoms with Crippen molar-refractivity contribution in [2.75, 3.05) is 13.7 Å². The molecule has 0 radical (unpaired) electrons. The highest BCUT2D eigenvalue weighted by atomic mass is 35.5. The second-order valence-corrected chi connectivity index (χ2v) is 12.7. The Bertz CT molecular complexity index is 1400. The van der Waals surface area contributed by atoms with Crippen LogP contribution in [0, 0.1) is 17.8 Å². The molecule has 2 aromatic carbocycles. The molecule has 3 rings (SSSR count). The van der Waals surface area contributed by atoms with Crippen molar-refractivity contribution in [1.82, 2.24) is 10.6 Å². The van der Waals surface area contributed by atoms with Gasteiger partial charge < -0.3 is 35.1 Å². The van der Waals surface area contributed by atoms with Gasteiger partial charge in [-0.3, -0.25) is 14.4 Å². The lowest BCUT2D eigenvalue weighted by Gasteiger charge is -2.31. The predicted octanol–water partition coefficient (Wildman–Crippen LogP) is 3.69. The molecular formula is C35H45ClN2O9. The van der Waals surface area contributed by atoms with Crippen molar-refractivity contribution < 1.29 is 43.6 Å². The van der Waals surface area contributed by atoms with E-state index in [0.717, 1.165) is 0 Å². The van der Waals surface area contributed by atoms with E-state index in [1.54, 1.807) is 62.4 Å². The van der Waals surface area contributed by atoms with Crippen molar-refractivity contribution in [2.24, 2.45) is 17.8 Å². The van der Waals surface area contributed by atoms with E-state index in [-0.39, 0.29) is 31.7 Å². The Kier molecular flexibility index (Phi) is 14.2. The second kappa shape index (κ2) is 17.8. The van der Waals surface area contributed by atoms with E-state index >= 15 is 0 Å². The van der Waals surface area contributed by atoms with Gasteiger partial charge in [0.25, 0.3) is 0 Å². The molecule has 2 amide bonds. The summed E-state index contributed by atoms with van der Waals surface area (Å²) in [6.07, 6.45) is -1.99. The molecule has 4 N–H and O–H groups in total. The van der Waals surface area contributed by atoms with Crippen LogP contribution in [0.15, 0.2) is 60.7 Å². The summed E-state index contributed by atoms with van der Waals surface area (Å²) in [5.41, 5.74) is 1.13. The van der Waals surface area contributed by atoms with E-state index in [9.17, 15) is 29.4 Å². The number of aliphatic hydroxyl groups excluding tert-OH is 2. The maximum Gasteiger partial charge on any atom is 0.347 e. The van der Waals surface area contributed by atoms with E-state index in [4.69, 9.17) is 25.8 Å². The Morgan fingerprint density at radius 1 is 1.00 bits per heavy atom. The minimum Gasteiger partial charge on any atom is -0.495 e. The molecule has 0 bridgehead atoms. The lowest BCUT2D eigenvalue weighted by atomic mass is 9.89. The van der Waals surface area contributed by atoms with Crippen molar-refractivity contribution in [3.05, 3.63) is 76.8 Å². The van der Waals surface area contributed by atoms with Crippen LogP contribution >= 0.6 is 11.6 Å². The molecule has 0 spiro atoms. The van der Waals surface area contributed by atoms with Crippen LogP contribution in [0.3, 0.4) is 0 Å². The van der Waals surface area contributed by atoms with Crippen molar-refractivity contribution in [3.8, 4) is 5.75 Å². The molecule has 0 unspecified atom stereocenters. The number of ether oxygens (including phenoxy) is 3. The molecule has 256 valence electrons. The number of hydrogen-bond donors (Lipinski definition) is 4. The normalized spacial score (nSPS) is 24.3. The van der Waals surface area contributed by atoms with Gasteiger partial charge in [0, 0.05) is 25.3 Å². The second-order valence-electron chi connectivity index (χ2n) is 12.3. The van der Waals surface area contributed by atoms with Gasteiger partial charge in [0.2, 0.25) is 11.8 Å². The summed E-state index contributed by atoms with van der Waals surface area (Å²) in [7, 11) is 1.48. The van der Waals surface area contributed by atoms with Gasteiger partial charge in [0.15, 0.2) is 6.10 Å². The number of amides is 2. The van der Waals surface area contributed by atoms with Crippen LogP contribution in [-0.2, 0) is 35.1 Å². The molecule has 7 atom stereocenters. The zero-order chi connectivity index (χ0) is 34.7. The van der Waals surface area contributed by atoms with E-state index in [1.165, 1.54) is 19.3 Å². The number of halogens is 1. The van der Waals surface area contributed by atoms with Gasteiger partial charge in [-0.15, -0.1) is 0 Å². The SMILES string of the molecule is COc1ccc(C[C@H]2NC(=O)/C=C/C[C@@H]([C@H](C)[C@@H](O)[C@H](O)c3ccccc3)OC(=O)[C@H](CC(C)C)OC(=O)[C@H](C)CNC2=O)cc1Cl. The zero-order valence-corrected chi connectivity index (χ0v) is 28.1. The van der Waals surface area contributed by atoms with Crippen LogP contribution in [0.1, 0.15) is 57.8 Å². The van der Waals surface area contributed by atoms with Gasteiger partial charge in [0.1, 0.15) is 24.0 Å². The first-order chi connectivity index (χ1) is 22.3. The fourth-order valence-corrected chi connectivity index (χ4v) is 5.38. The maximum absolute atomic E-state index is 13.4. The Hall–Kier alpha value is -3.93. The lowest BCUT2D eigenvalue weighted by Crippen LogP contribution is -2.49. The van der Waals surface area contributed by atoms with Crippen molar-refractivity contribution in [3.63, 3.8) is 0 Å². The number of nitrogens with one attached hydrogen (secondary N) is 2. The minimum absolute atomic E-state index is 0.0252. The zero-order valence-electron chi connectivity index (χ0n) is 27.4. The Morgan fingerprint density at radius 3 is 2.34 bits per heavy atom. The molecule has 1 heterocycles. The molecule has 0 aromatic heterocycles. The average Bonchev–Trinajstić information content (AvgIpc) is 3.04. The standard InChI is InChI=1S/C35H45ClN2O9/c1-20(2)16-29-35(44)46-27(22(4)31(40)32(41)24-10-7-6-8-11-24)12-9-13-30(39)38-26(33(42)37-19-21(3)34(43)47-29)18-23-14-15-28(45-5)25(36)17-23/h6-11,13-15,17,20-22,26-27,29,31-32,40-41H,12,16,18-19H2,1-5H3,(H,37,42)(H,38,39)/b13-9+/t21-,22+,26-,27+,29+,31-,32-/m1/s1. The fraction of sp³-hybridized carbons (Fsp3) is 0.486. The summed E-state index contributed by atoms with van der Waals surface area (Å²) in [6.45, 7) is 6.78. The molecule has 12 heteroatoms. The van der Waals surface area contributed by atoms with Crippen LogP contribution < -0.4 is 15.4 Å². The first-order valence-corrected chi connectivity index (χ1v) is 16.1. The van der Waals surface area contributed by atoms with Crippen LogP contribution in [0.25, 0.3) is 0 Å². The van der Waals surface area contributed by atoms with E-state index in [1.807, 2.05) is 13.8 Å². The molecule has 11 nitrogen and oxygen atoms in total. The quantitative estimate of drug-likeness (QED) is 0.291. The van der Waals surface area contributed by atoms with Crippen LogP contribution in [0.2, 0.25) is 5.02 Å². The molecular weight excluding hydrogens is 628 g/mol. The number of rotatable bonds is 9. The Balaban J connectivity index is 1.92. The summed E-state index contributed by atoms with van der Waals surface area (Å²) >= 11 is 6.28. The number of carbonyl (C=O) groups is 4. The molecule has 1 aliphatic heterocycles. The van der Waals surface area contributed by atoms with Crippen LogP contribution in [0.5, 0.6) is 5.75 Å². The summed E-state index contributed by atoms with van der Waals surface area (Å²) in [4.78, 5) is 52.9. The minimum atomic E-state index is -1.35. The summed E-state index contributed by atoms with van der Waals surface area (Å²) in [5, 5.41) is 27.7. The predicted molar refractivity (Wildman–Crippen MR) is 175 cm³/mol. The number of hydrogen-bond acceptors (Lipinski definition) is 9. The number of aliphatic hydroxyl groups is 2. The summed E-state index contributed by atoms with van der Waals surface area (Å²) in [5.74, 6) is -3.89. The Morgan fingerprint density at radius 2 is 1.70 bits per heavy atom. The topological polar surface area (TPSA) is 160 Å². The van der Waals surface area contributed by atoms with Crippen molar-refractivity contribution in [1.29, 1.82) is 0 Å². The lowest BCUT2D eigenvalue weighted by molar-refractivity contribution is -0.178. The van der Waals surface area contributed by atoms with Gasteiger partial charge in [-0.2, -0.15) is 0 Å². The van der Waals surface area contributed by atoms with Crippen LogP contribution in [-0.4, -0.2) is 72.0 Å². The largest absolute Gasteiger partial charge is 0.495 e. The number of carbonyl (C=O) groups excluding carboxylic acids is 4. The number of benzene rings is 2. The maximum atomic E-state index is 13.4. The average molecular weight is 673 g/mol. The molecule has 0 aliphatic carbocycles. The first kappa shape index (κ1) is 37.5. The summed E-state index contributed by atoms with van der Waals surface area (Å²) < 4.78 is 16.6. The third-order valence-electron chi connectivity index (χ3n) is 7.98. The highest BCUT2D eigenvalue weighted by Gasteiger charge is 2.36. The van der Waals surface area contributed by atoms with Gasteiger partial charge in [0.05, 0.1) is 24.2 Å². The van der Waals surface area contributed by atoms with Gasteiger partial charge >= 0.3 is 11.9 Å². The van der Waals surface area contributed by atoms with Gasteiger partial charge in [-0.05, 0) is 41.7 Å². The van der Waals surface area contributed by atoms with Crippen LogP contribution in [0.4, 0.5) is 0 Å². The van der Waals surface area contributed by atoms with E-state index < -0.39 is 66.0 Å². The fourth-order valence-electron chi connectivity index (χ4n) is 5.10. The van der Waals surface area contributed by atoms with Gasteiger partial charge in [-0.1, -0.05) is 81.8 Å². The molecule has 0 fully saturated rings. The third-order valence-corrected chi connectivity index (χ3v) is 8.27. The number of methoxy groups -OCH3 is 1. The molecule has 0 saturated heterocycles. The molecule has 2 aromatic rings. The highest BCUT2D eigenvalue weighted by Crippen LogP contribution is 2.28. The molecule has 1 aliphatic rings. The highest BCUT2D eigenvalue weighted by molar-refractivity contribution is 6.32. The molecule has 47 heavy (non-hydrogen) atoms. The number of cyclic esters (lactones) is 2. The Labute approximate surface area is 280 Å². The third kappa shape index (κ3) is 11.1. The molecule has 0 saturated carbocycles. The monoisotopic (exact) mass is 672 g/mol. The van der Waals surface area contributed by atoms with Crippen molar-refractivity contribution >= 4 is 35.4 Å². The summed E-state index contributed by atoms with van der Waals surface area (Å²) in [6, 6.07) is 12.6. The first-order valence-electron chi connectivity index (χ1n) is 15.7. The van der Waals surface area contributed by atoms with E-state index in [0.29, 0.717) is 21.9 Å². The van der Waals surface area contributed by atoms with E-state index in [2.05, 4.69) is 10.6 Å². The smallest absolute Gasteiger partial charge is 0.347 e. The van der Waals surface area contributed by atoms with Crippen molar-refractivity contribution in [2.45, 2.75) is 77.4 Å². The van der Waals surface area contributed by atoms with Gasteiger partial charge in [-0.25, -0.2) is 4.79 Å². The number of esters is 2.